The monoisotopic (exact) mass is 618 g/mol. The van der Waals surface area contributed by atoms with Crippen LogP contribution >= 0.6 is 11.3 Å². The van der Waals surface area contributed by atoms with Gasteiger partial charge in [0.2, 0.25) is 0 Å². The van der Waals surface area contributed by atoms with Crippen LogP contribution in [-0.2, 0) is 6.54 Å². The molecule has 0 aliphatic rings. The van der Waals surface area contributed by atoms with Gasteiger partial charge in [-0.25, -0.2) is 15.0 Å². The molecule has 10 aromatic rings. The highest BCUT2D eigenvalue weighted by Crippen LogP contribution is 2.42. The molecule has 0 bridgehead atoms. The van der Waals surface area contributed by atoms with Crippen molar-refractivity contribution in [2.75, 3.05) is 0 Å². The lowest BCUT2D eigenvalue weighted by Gasteiger charge is -2.11. The van der Waals surface area contributed by atoms with E-state index in [1.807, 2.05) is 72.8 Å². The van der Waals surface area contributed by atoms with E-state index < -0.39 is 30.2 Å². The minimum Gasteiger partial charge on any atom is -0.455 e. The van der Waals surface area contributed by atoms with Crippen molar-refractivity contribution >= 4 is 75.3 Å². The van der Waals surface area contributed by atoms with Gasteiger partial charge in [-0.05, 0) is 30.3 Å². The highest BCUT2D eigenvalue weighted by molar-refractivity contribution is 7.26. The minimum absolute atomic E-state index is 0.0104. The van der Waals surface area contributed by atoms with Gasteiger partial charge in [0, 0.05) is 52.8 Å². The molecule has 4 aromatic heterocycles. The summed E-state index contributed by atoms with van der Waals surface area (Å²) in [5.41, 5.74) is 2.79. The van der Waals surface area contributed by atoms with Crippen LogP contribution in [0, 0.1) is 0 Å². The maximum atomic E-state index is 9.25. The second-order valence-electron chi connectivity index (χ2n) is 10.8. The summed E-state index contributed by atoms with van der Waals surface area (Å²) >= 11 is 0.972. The van der Waals surface area contributed by atoms with Gasteiger partial charge < -0.3 is 8.98 Å². The van der Waals surface area contributed by atoms with Crippen LogP contribution in [-0.4, -0.2) is 19.5 Å². The zero-order chi connectivity index (χ0) is 38.9. The Hall–Kier alpha value is -5.85. The number of nitrogens with zero attached hydrogens (tertiary/aromatic N) is 4. The van der Waals surface area contributed by atoms with Crippen LogP contribution in [0.1, 0.15) is 19.5 Å². The molecule has 10 rings (SSSR count). The maximum absolute atomic E-state index is 9.25. The van der Waals surface area contributed by atoms with Crippen molar-refractivity contribution in [2.45, 2.75) is 6.54 Å². The summed E-state index contributed by atoms with van der Waals surface area (Å²) in [6.45, 7) is -0.206. The van der Waals surface area contributed by atoms with Gasteiger partial charge in [-0.2, -0.15) is 0 Å². The molecule has 0 N–H and O–H groups in total. The van der Waals surface area contributed by atoms with Crippen molar-refractivity contribution in [2.24, 2.45) is 0 Å². The standard InChI is InChI=1S/C40H24N4OS/c1-2-11-24(12-3-1)39-41-35(42-40(43-39)30-17-10-16-28-26-14-5-8-19-32(26)45-38(28)30)23-44-31-18-7-4-13-25(31)27-21-22-34-36(37(27)44)29-15-6-9-20-33(29)46-34/h1-22H,23H2/i4D,6D,7D,9D,13D,15D,18D,20D,21D,22D. The predicted octanol–water partition coefficient (Wildman–Crippen LogP) is 10.6. The smallest absolute Gasteiger partial charge is 0.167 e. The third-order valence-corrected chi connectivity index (χ3v) is 9.25. The lowest BCUT2D eigenvalue weighted by atomic mass is 10.1. The third kappa shape index (κ3) is 3.77. The number of fused-ring (bicyclic) bond motifs is 10. The first kappa shape index (κ1) is 17.6. The van der Waals surface area contributed by atoms with Crippen LogP contribution in [0.3, 0.4) is 0 Å². The van der Waals surface area contributed by atoms with E-state index in [9.17, 15) is 1.37 Å². The normalized spacial score (nSPS) is 15.0. The van der Waals surface area contributed by atoms with Gasteiger partial charge in [0.05, 0.1) is 31.3 Å². The maximum Gasteiger partial charge on any atom is 0.167 e. The van der Waals surface area contributed by atoms with Gasteiger partial charge in [0.1, 0.15) is 11.2 Å². The van der Waals surface area contributed by atoms with Crippen LogP contribution < -0.4 is 0 Å². The molecule has 0 fully saturated rings. The molecule has 0 amide bonds. The highest BCUT2D eigenvalue weighted by Gasteiger charge is 2.20. The average molecular weight is 619 g/mol. The summed E-state index contributed by atoms with van der Waals surface area (Å²) in [5.74, 6) is 0.816. The van der Waals surface area contributed by atoms with Crippen LogP contribution in [0.2, 0.25) is 0 Å². The predicted molar refractivity (Wildman–Crippen MR) is 189 cm³/mol. The Morgan fingerprint density at radius 2 is 1.41 bits per heavy atom. The molecule has 6 aromatic carbocycles. The Balaban J connectivity index is 1.34. The molecule has 5 nitrogen and oxygen atoms in total. The number of furan rings is 1. The summed E-state index contributed by atoms with van der Waals surface area (Å²) in [7, 11) is 0. The van der Waals surface area contributed by atoms with E-state index in [2.05, 4.69) is 0 Å². The molecule has 46 heavy (non-hydrogen) atoms. The summed E-state index contributed by atoms with van der Waals surface area (Å²) in [6.07, 6.45) is 0. The first-order valence-corrected chi connectivity index (χ1v) is 15.3. The van der Waals surface area contributed by atoms with Gasteiger partial charge in [0.25, 0.3) is 0 Å². The van der Waals surface area contributed by atoms with Gasteiger partial charge in [-0.1, -0.05) is 103 Å². The third-order valence-electron chi connectivity index (χ3n) is 8.22. The van der Waals surface area contributed by atoms with E-state index in [-0.39, 0.29) is 90.4 Å². The summed E-state index contributed by atoms with van der Waals surface area (Å²) in [4.78, 5) is 14.8. The molecule has 0 atom stereocenters. The number of para-hydroxylation sites is 3. The second kappa shape index (κ2) is 9.83. The van der Waals surface area contributed by atoms with Gasteiger partial charge in [0.15, 0.2) is 17.5 Å². The van der Waals surface area contributed by atoms with E-state index in [0.717, 1.165) is 22.1 Å². The van der Waals surface area contributed by atoms with Crippen molar-refractivity contribution < 1.29 is 18.1 Å². The van der Waals surface area contributed by atoms with Crippen molar-refractivity contribution in [1.29, 1.82) is 0 Å². The number of hydrogen-bond donors (Lipinski definition) is 0. The van der Waals surface area contributed by atoms with Crippen LogP contribution in [0.5, 0.6) is 0 Å². The molecule has 4 heterocycles. The first-order valence-electron chi connectivity index (χ1n) is 19.5. The summed E-state index contributed by atoms with van der Waals surface area (Å²) in [5, 5.41) is 2.23. The summed E-state index contributed by atoms with van der Waals surface area (Å²) < 4.78 is 96.7. The fraction of sp³-hybridized carbons (Fsp3) is 0.0250. The molecular weight excluding hydrogens is 585 g/mol. The van der Waals surface area contributed by atoms with Crippen LogP contribution in [0.25, 0.3) is 86.7 Å². The molecular formula is C40H24N4OS. The molecule has 0 aliphatic carbocycles. The molecule has 0 aliphatic heterocycles. The Kier molecular flexibility index (Phi) is 3.76. The number of benzene rings is 6. The van der Waals surface area contributed by atoms with Crippen molar-refractivity contribution in [3.8, 4) is 22.8 Å². The van der Waals surface area contributed by atoms with Gasteiger partial charge in [-0.3, -0.25) is 0 Å². The Bertz CT molecular complexity index is 3360. The first-order chi connectivity index (χ1) is 27.0. The average Bonchev–Trinajstić information content (AvgIpc) is 3.90. The van der Waals surface area contributed by atoms with E-state index in [1.165, 1.54) is 0 Å². The fourth-order valence-electron chi connectivity index (χ4n) is 6.24. The van der Waals surface area contributed by atoms with Gasteiger partial charge >= 0.3 is 0 Å². The topological polar surface area (TPSA) is 56.7 Å². The Morgan fingerprint density at radius 1 is 0.630 bits per heavy atom. The quantitative estimate of drug-likeness (QED) is 0.197. The van der Waals surface area contributed by atoms with Crippen molar-refractivity contribution in [1.82, 2.24) is 19.5 Å². The lowest BCUT2D eigenvalue weighted by molar-refractivity contribution is 0.669. The van der Waals surface area contributed by atoms with Crippen molar-refractivity contribution in [3.05, 3.63) is 139 Å². The zero-order valence-corrected chi connectivity index (χ0v) is 24.6. The number of rotatable bonds is 4. The number of thiophene rings is 1. The van der Waals surface area contributed by atoms with Gasteiger partial charge in [-0.15, -0.1) is 11.3 Å². The molecule has 0 unspecified atom stereocenters. The minimum atomic E-state index is -0.516. The Labute approximate surface area is 281 Å². The van der Waals surface area contributed by atoms with Crippen LogP contribution in [0.15, 0.2) is 138 Å². The SMILES string of the molecule is [2H]c1c([2H])c([2H])c2c(sc3c([2H])c([2H])c4c5c([2H])c([2H])c([2H])c([2H])c5n(Cc5nc(-c6ccccc6)nc(-c6cccc7c6oc6ccccc67)n5)c4c32)c1[2H]. The largest absolute Gasteiger partial charge is 0.455 e. The molecule has 0 saturated carbocycles. The zero-order valence-electron chi connectivity index (χ0n) is 33.7. The molecule has 0 spiro atoms. The molecule has 0 radical (unpaired) electrons. The highest BCUT2D eigenvalue weighted by atomic mass is 32.1. The second-order valence-corrected chi connectivity index (χ2v) is 11.9. The Morgan fingerprint density at radius 3 is 2.35 bits per heavy atom. The molecule has 216 valence electrons. The van der Waals surface area contributed by atoms with E-state index in [4.69, 9.17) is 31.7 Å². The van der Waals surface area contributed by atoms with E-state index in [0.29, 0.717) is 28.1 Å². The van der Waals surface area contributed by atoms with Crippen LogP contribution in [0.4, 0.5) is 0 Å². The summed E-state index contributed by atoms with van der Waals surface area (Å²) in [6, 6.07) is 18.8. The fourth-order valence-corrected chi connectivity index (χ4v) is 7.20. The number of hydrogen-bond acceptors (Lipinski definition) is 5. The molecule has 6 heteroatoms. The number of aromatic nitrogens is 4. The van der Waals surface area contributed by atoms with Crippen molar-refractivity contribution in [3.63, 3.8) is 0 Å². The lowest BCUT2D eigenvalue weighted by Crippen LogP contribution is -2.08. The van der Waals surface area contributed by atoms with E-state index >= 15 is 0 Å². The van der Waals surface area contributed by atoms with E-state index in [1.54, 1.807) is 4.57 Å². The molecule has 0 saturated heterocycles.